The summed E-state index contributed by atoms with van der Waals surface area (Å²) in [6.45, 7) is 0. The zero-order chi connectivity index (χ0) is 18.3. The van der Waals surface area contributed by atoms with Crippen LogP contribution in [0.15, 0.2) is 41.7 Å². The molecule has 0 spiro atoms. The minimum absolute atomic E-state index is 0.0930. The van der Waals surface area contributed by atoms with Crippen LogP contribution in [-0.2, 0) is 9.53 Å². The number of esters is 1. The number of benzene rings is 1. The number of rotatable bonds is 3. The SMILES string of the molecule is COC(=O)c1cnn2c1NC1=C(C(=O)CCC1)[C@@H]2c1ccccc1OC. The second-order valence-corrected chi connectivity index (χ2v) is 6.28. The van der Waals surface area contributed by atoms with Gasteiger partial charge in [0.2, 0.25) is 0 Å². The molecular formula is C19H19N3O4. The number of para-hydroxylation sites is 1. The smallest absolute Gasteiger partial charge is 0.343 e. The summed E-state index contributed by atoms with van der Waals surface area (Å²) in [6.07, 6.45) is 3.51. The highest BCUT2D eigenvalue weighted by Crippen LogP contribution is 2.43. The average molecular weight is 353 g/mol. The van der Waals surface area contributed by atoms with Crippen LogP contribution in [0.5, 0.6) is 5.75 Å². The van der Waals surface area contributed by atoms with Gasteiger partial charge < -0.3 is 14.8 Å². The molecule has 1 N–H and O–H groups in total. The van der Waals surface area contributed by atoms with Gasteiger partial charge in [-0.05, 0) is 18.9 Å². The van der Waals surface area contributed by atoms with Crippen LogP contribution in [0.3, 0.4) is 0 Å². The van der Waals surface area contributed by atoms with Gasteiger partial charge in [-0.1, -0.05) is 18.2 Å². The van der Waals surface area contributed by atoms with Gasteiger partial charge in [0.25, 0.3) is 0 Å². The minimum atomic E-state index is -0.469. The number of ketones is 1. The lowest BCUT2D eigenvalue weighted by Crippen LogP contribution is -2.32. The first-order chi connectivity index (χ1) is 12.7. The van der Waals surface area contributed by atoms with Gasteiger partial charge >= 0.3 is 5.97 Å². The van der Waals surface area contributed by atoms with E-state index in [1.54, 1.807) is 11.8 Å². The van der Waals surface area contributed by atoms with Gasteiger partial charge in [-0.3, -0.25) is 4.79 Å². The molecule has 2 aromatic rings. The van der Waals surface area contributed by atoms with Gasteiger partial charge in [0.05, 0.1) is 20.4 Å². The summed E-state index contributed by atoms with van der Waals surface area (Å²) in [6, 6.07) is 7.12. The van der Waals surface area contributed by atoms with Crippen molar-refractivity contribution in [3.05, 3.63) is 52.9 Å². The Balaban J connectivity index is 1.95. The molecule has 0 bridgehead atoms. The zero-order valence-corrected chi connectivity index (χ0v) is 14.6. The highest BCUT2D eigenvalue weighted by molar-refractivity contribution is 6.01. The van der Waals surface area contributed by atoms with Crippen molar-refractivity contribution < 1.29 is 19.1 Å². The van der Waals surface area contributed by atoms with Crippen LogP contribution in [0.25, 0.3) is 0 Å². The summed E-state index contributed by atoms with van der Waals surface area (Å²) >= 11 is 0. The third-order valence-electron chi connectivity index (χ3n) is 4.88. The summed E-state index contributed by atoms with van der Waals surface area (Å²) in [7, 11) is 2.93. The van der Waals surface area contributed by atoms with Crippen LogP contribution in [0.2, 0.25) is 0 Å². The Kier molecular flexibility index (Phi) is 3.99. The number of nitrogens with zero attached hydrogens (tertiary/aromatic N) is 2. The maximum absolute atomic E-state index is 12.7. The number of allylic oxidation sites excluding steroid dienone is 2. The van der Waals surface area contributed by atoms with Gasteiger partial charge in [0.1, 0.15) is 23.2 Å². The lowest BCUT2D eigenvalue weighted by molar-refractivity contribution is -0.116. The van der Waals surface area contributed by atoms with Gasteiger partial charge in [0, 0.05) is 23.3 Å². The molecule has 134 valence electrons. The Bertz CT molecular complexity index is 929. The fourth-order valence-corrected chi connectivity index (χ4v) is 3.70. The van der Waals surface area contributed by atoms with Crippen LogP contribution >= 0.6 is 0 Å². The fourth-order valence-electron chi connectivity index (χ4n) is 3.70. The number of nitrogens with one attached hydrogen (secondary N) is 1. The molecule has 0 saturated heterocycles. The number of anilines is 1. The summed E-state index contributed by atoms with van der Waals surface area (Å²) < 4.78 is 12.1. The number of hydrogen-bond acceptors (Lipinski definition) is 6. The van der Waals surface area contributed by atoms with E-state index in [4.69, 9.17) is 9.47 Å². The number of carbonyl (C=O) groups excluding carboxylic acids is 2. The highest BCUT2D eigenvalue weighted by atomic mass is 16.5. The summed E-state index contributed by atoms with van der Waals surface area (Å²) in [4.78, 5) is 24.9. The van der Waals surface area contributed by atoms with E-state index in [0.717, 1.165) is 24.1 Å². The Morgan fingerprint density at radius 3 is 2.85 bits per heavy atom. The largest absolute Gasteiger partial charge is 0.496 e. The quantitative estimate of drug-likeness (QED) is 0.855. The fraction of sp³-hybridized carbons (Fsp3) is 0.316. The lowest BCUT2D eigenvalue weighted by Gasteiger charge is -2.33. The number of hydrogen-bond donors (Lipinski definition) is 1. The van der Waals surface area contributed by atoms with E-state index in [-0.39, 0.29) is 5.78 Å². The molecule has 1 aliphatic heterocycles. The zero-order valence-electron chi connectivity index (χ0n) is 14.6. The van der Waals surface area contributed by atoms with Crippen molar-refractivity contribution in [3.8, 4) is 5.75 Å². The summed E-state index contributed by atoms with van der Waals surface area (Å²) in [5, 5.41) is 7.64. The molecule has 1 atom stereocenters. The van der Waals surface area contributed by atoms with Gasteiger partial charge in [0.15, 0.2) is 5.78 Å². The molecule has 0 amide bonds. The number of methoxy groups -OCH3 is 2. The van der Waals surface area contributed by atoms with Crippen molar-refractivity contribution in [2.75, 3.05) is 19.5 Å². The van der Waals surface area contributed by atoms with Crippen molar-refractivity contribution >= 4 is 17.6 Å². The van der Waals surface area contributed by atoms with E-state index in [1.807, 2.05) is 24.3 Å². The molecule has 4 rings (SSSR count). The molecule has 1 aliphatic carbocycles. The van der Waals surface area contributed by atoms with Crippen molar-refractivity contribution in [2.24, 2.45) is 0 Å². The first-order valence-corrected chi connectivity index (χ1v) is 8.47. The predicted molar refractivity (Wildman–Crippen MR) is 94.2 cm³/mol. The van der Waals surface area contributed by atoms with E-state index in [1.165, 1.54) is 13.3 Å². The number of Topliss-reactive ketones (excluding diaryl/α,β-unsaturated/α-hetero) is 1. The monoisotopic (exact) mass is 353 g/mol. The van der Waals surface area contributed by atoms with Crippen molar-refractivity contribution in [3.63, 3.8) is 0 Å². The lowest BCUT2D eigenvalue weighted by atomic mass is 9.85. The van der Waals surface area contributed by atoms with Crippen LogP contribution in [0.4, 0.5) is 5.82 Å². The first kappa shape index (κ1) is 16.4. The third kappa shape index (κ3) is 2.39. The van der Waals surface area contributed by atoms with Gasteiger partial charge in [-0.25, -0.2) is 9.48 Å². The van der Waals surface area contributed by atoms with Crippen molar-refractivity contribution in [2.45, 2.75) is 25.3 Å². The molecule has 0 fully saturated rings. The van der Waals surface area contributed by atoms with Gasteiger partial charge in [-0.15, -0.1) is 0 Å². The maximum atomic E-state index is 12.7. The molecule has 7 nitrogen and oxygen atoms in total. The van der Waals surface area contributed by atoms with Gasteiger partial charge in [-0.2, -0.15) is 5.10 Å². The molecule has 7 heteroatoms. The molecular weight excluding hydrogens is 334 g/mol. The summed E-state index contributed by atoms with van der Waals surface area (Å²) in [5.41, 5.74) is 2.71. The number of ether oxygens (including phenoxy) is 2. The number of aromatic nitrogens is 2. The second-order valence-electron chi connectivity index (χ2n) is 6.28. The van der Waals surface area contributed by atoms with E-state index in [0.29, 0.717) is 29.1 Å². The van der Waals surface area contributed by atoms with Crippen molar-refractivity contribution in [1.29, 1.82) is 0 Å². The molecule has 26 heavy (non-hydrogen) atoms. The van der Waals surface area contributed by atoms with E-state index < -0.39 is 12.0 Å². The van der Waals surface area contributed by atoms with Crippen molar-refractivity contribution in [1.82, 2.24) is 9.78 Å². The van der Waals surface area contributed by atoms with Crippen LogP contribution in [0.1, 0.15) is 41.2 Å². The predicted octanol–water partition coefficient (Wildman–Crippen LogP) is 2.70. The Labute approximate surface area is 150 Å². The van der Waals surface area contributed by atoms with E-state index >= 15 is 0 Å². The van der Waals surface area contributed by atoms with Crippen LogP contribution < -0.4 is 10.1 Å². The molecule has 1 aromatic carbocycles. The highest BCUT2D eigenvalue weighted by Gasteiger charge is 2.38. The standard InChI is InChI=1S/C19H19N3O4/c1-25-15-9-4-3-6-11(15)17-16-13(7-5-8-14(16)23)21-18-12(19(24)26-2)10-20-22(17)18/h3-4,6,9-10,17,21H,5,7-8H2,1-2H3/t17-/m0/s1. The normalized spacial score (nSPS) is 18.7. The molecule has 1 aromatic heterocycles. The topological polar surface area (TPSA) is 82.5 Å². The number of carbonyl (C=O) groups is 2. The summed E-state index contributed by atoms with van der Waals surface area (Å²) in [5.74, 6) is 0.839. The third-order valence-corrected chi connectivity index (χ3v) is 4.88. The Morgan fingerprint density at radius 1 is 1.27 bits per heavy atom. The average Bonchev–Trinajstić information content (AvgIpc) is 3.09. The maximum Gasteiger partial charge on any atom is 0.343 e. The molecule has 0 radical (unpaired) electrons. The first-order valence-electron chi connectivity index (χ1n) is 8.47. The molecule has 0 saturated carbocycles. The van der Waals surface area contributed by atoms with E-state index in [2.05, 4.69) is 10.4 Å². The van der Waals surface area contributed by atoms with Crippen LogP contribution in [0, 0.1) is 0 Å². The number of fused-ring (bicyclic) bond motifs is 1. The molecule has 2 heterocycles. The second kappa shape index (κ2) is 6.33. The van der Waals surface area contributed by atoms with E-state index in [9.17, 15) is 9.59 Å². The Morgan fingerprint density at radius 2 is 2.08 bits per heavy atom. The minimum Gasteiger partial charge on any atom is -0.496 e. The molecule has 2 aliphatic rings. The van der Waals surface area contributed by atoms with Crippen LogP contribution in [-0.4, -0.2) is 35.8 Å². The Hall–Kier alpha value is -3.09. The molecule has 0 unspecified atom stereocenters.